The van der Waals surface area contributed by atoms with Crippen LogP contribution in [0.1, 0.15) is 0 Å². The monoisotopic (exact) mass is 239 g/mol. The third-order valence-corrected chi connectivity index (χ3v) is 1.49. The van der Waals surface area contributed by atoms with Gasteiger partial charge in [0.2, 0.25) is 5.92 Å². The summed E-state index contributed by atoms with van der Waals surface area (Å²) in [5.41, 5.74) is 0. The summed E-state index contributed by atoms with van der Waals surface area (Å²) in [4.78, 5) is 14.7. The van der Waals surface area contributed by atoms with Gasteiger partial charge in [-0.1, -0.05) is 0 Å². The molecule has 0 aliphatic rings. The lowest BCUT2D eigenvalue weighted by Gasteiger charge is -2.25. The molecular weight excluding hydrogens is 232 g/mol. The summed E-state index contributed by atoms with van der Waals surface area (Å²) in [5.74, 6) is -6.27. The lowest BCUT2D eigenvalue weighted by Crippen LogP contribution is -2.48. The minimum Gasteiger partial charge on any atom is -0.275 e. The molecular formula is C6H7F6NO2. The number of carbonyl (C=O) groups excluding carboxylic acids is 1. The second kappa shape index (κ2) is 4.25. The Balaban J connectivity index is 5.07. The summed E-state index contributed by atoms with van der Waals surface area (Å²) < 4.78 is 71.6. The van der Waals surface area contributed by atoms with E-state index in [-0.39, 0.29) is 5.06 Å². The van der Waals surface area contributed by atoms with Gasteiger partial charge in [0.05, 0.1) is 7.11 Å². The Kier molecular flexibility index (Phi) is 3.97. The Bertz CT molecular complexity index is 221. The van der Waals surface area contributed by atoms with Crippen LogP contribution in [0.5, 0.6) is 0 Å². The lowest BCUT2D eigenvalue weighted by molar-refractivity contribution is -0.285. The number of carbonyl (C=O) groups is 1. The second-order valence-corrected chi connectivity index (χ2v) is 2.53. The van der Waals surface area contributed by atoms with Crippen molar-refractivity contribution < 1.29 is 36.0 Å². The van der Waals surface area contributed by atoms with Crippen LogP contribution in [0, 0.1) is 5.92 Å². The van der Waals surface area contributed by atoms with Crippen LogP contribution in [0.25, 0.3) is 0 Å². The number of alkyl halides is 6. The van der Waals surface area contributed by atoms with Gasteiger partial charge < -0.3 is 0 Å². The van der Waals surface area contributed by atoms with Crippen molar-refractivity contribution in [1.82, 2.24) is 5.06 Å². The van der Waals surface area contributed by atoms with Gasteiger partial charge in [-0.2, -0.15) is 26.3 Å². The van der Waals surface area contributed by atoms with Crippen molar-refractivity contribution >= 4 is 5.91 Å². The summed E-state index contributed by atoms with van der Waals surface area (Å²) in [5, 5.41) is -0.119. The molecule has 0 saturated heterocycles. The molecule has 0 aromatic carbocycles. The zero-order valence-electron chi connectivity index (χ0n) is 7.61. The number of halogens is 6. The fourth-order valence-corrected chi connectivity index (χ4v) is 0.737. The van der Waals surface area contributed by atoms with E-state index in [9.17, 15) is 31.1 Å². The molecule has 0 aromatic rings. The van der Waals surface area contributed by atoms with Gasteiger partial charge in [0, 0.05) is 7.05 Å². The first kappa shape index (κ1) is 14.0. The molecule has 0 unspecified atom stereocenters. The molecule has 3 nitrogen and oxygen atoms in total. The first-order valence-electron chi connectivity index (χ1n) is 3.47. The van der Waals surface area contributed by atoms with Crippen molar-refractivity contribution in [2.75, 3.05) is 14.2 Å². The summed E-state index contributed by atoms with van der Waals surface area (Å²) in [6, 6.07) is 0. The van der Waals surface area contributed by atoms with Crippen LogP contribution in [0.15, 0.2) is 0 Å². The van der Waals surface area contributed by atoms with E-state index in [0.717, 1.165) is 7.11 Å². The fourth-order valence-electron chi connectivity index (χ4n) is 0.737. The predicted octanol–water partition coefficient (Wildman–Crippen LogP) is 1.75. The van der Waals surface area contributed by atoms with E-state index >= 15 is 0 Å². The Morgan fingerprint density at radius 3 is 1.67 bits per heavy atom. The van der Waals surface area contributed by atoms with Crippen molar-refractivity contribution in [1.29, 1.82) is 0 Å². The number of hydrogen-bond donors (Lipinski definition) is 0. The number of hydrogen-bond acceptors (Lipinski definition) is 2. The quantitative estimate of drug-likeness (QED) is 0.542. The summed E-state index contributed by atoms with van der Waals surface area (Å²) in [6.07, 6.45) is -11.4. The van der Waals surface area contributed by atoms with Crippen LogP contribution >= 0.6 is 0 Å². The SMILES string of the molecule is CON(C)C(=O)C(C(F)(F)F)C(F)(F)F. The number of nitrogens with zero attached hydrogens (tertiary/aromatic N) is 1. The van der Waals surface area contributed by atoms with Crippen molar-refractivity contribution in [2.45, 2.75) is 12.4 Å². The van der Waals surface area contributed by atoms with Gasteiger partial charge in [0.15, 0.2) is 0 Å². The van der Waals surface area contributed by atoms with Crippen molar-refractivity contribution in [3.63, 3.8) is 0 Å². The fraction of sp³-hybridized carbons (Fsp3) is 0.833. The van der Waals surface area contributed by atoms with E-state index in [2.05, 4.69) is 4.84 Å². The smallest absolute Gasteiger partial charge is 0.275 e. The predicted molar refractivity (Wildman–Crippen MR) is 35.4 cm³/mol. The maximum absolute atomic E-state index is 11.9. The van der Waals surface area contributed by atoms with Crippen molar-refractivity contribution in [3.05, 3.63) is 0 Å². The van der Waals surface area contributed by atoms with E-state index in [0.29, 0.717) is 7.05 Å². The van der Waals surface area contributed by atoms with Gasteiger partial charge in [-0.25, -0.2) is 5.06 Å². The topological polar surface area (TPSA) is 29.5 Å². The van der Waals surface area contributed by atoms with E-state index in [1.165, 1.54) is 0 Å². The highest BCUT2D eigenvalue weighted by Gasteiger charge is 2.62. The molecule has 0 rings (SSSR count). The summed E-state index contributed by atoms with van der Waals surface area (Å²) >= 11 is 0. The first-order valence-corrected chi connectivity index (χ1v) is 3.47. The van der Waals surface area contributed by atoms with Crippen LogP contribution in [-0.2, 0) is 9.63 Å². The molecule has 0 spiro atoms. The number of hydroxylamine groups is 2. The van der Waals surface area contributed by atoms with Crippen LogP contribution in [0.2, 0.25) is 0 Å². The maximum atomic E-state index is 11.9. The minimum absolute atomic E-state index is 0.119. The average Bonchev–Trinajstić information content (AvgIpc) is 1.97. The molecule has 0 aliphatic carbocycles. The van der Waals surface area contributed by atoms with Gasteiger partial charge in [-0.15, -0.1) is 0 Å². The van der Waals surface area contributed by atoms with E-state index < -0.39 is 24.2 Å². The zero-order valence-corrected chi connectivity index (χ0v) is 7.61. The Hall–Kier alpha value is -0.990. The normalized spacial score (nSPS) is 13.1. The summed E-state index contributed by atoms with van der Waals surface area (Å²) in [6.45, 7) is 0. The molecule has 0 aliphatic heterocycles. The molecule has 0 N–H and O–H groups in total. The molecule has 0 radical (unpaired) electrons. The molecule has 15 heavy (non-hydrogen) atoms. The molecule has 90 valence electrons. The van der Waals surface area contributed by atoms with Gasteiger partial charge in [0.1, 0.15) is 0 Å². The van der Waals surface area contributed by atoms with Gasteiger partial charge in [-0.3, -0.25) is 9.63 Å². The van der Waals surface area contributed by atoms with Crippen LogP contribution in [-0.4, -0.2) is 37.5 Å². The third-order valence-electron chi connectivity index (χ3n) is 1.49. The standard InChI is InChI=1S/C6H7F6NO2/c1-13(15-2)4(14)3(5(7,8)9)6(10,11)12/h3H,1-2H3. The Morgan fingerprint density at radius 1 is 1.13 bits per heavy atom. The average molecular weight is 239 g/mol. The van der Waals surface area contributed by atoms with Gasteiger partial charge in [0.25, 0.3) is 5.91 Å². The highest BCUT2D eigenvalue weighted by Crippen LogP contribution is 2.40. The molecule has 0 heterocycles. The van der Waals surface area contributed by atoms with Crippen molar-refractivity contribution in [2.24, 2.45) is 5.92 Å². The Morgan fingerprint density at radius 2 is 1.47 bits per heavy atom. The van der Waals surface area contributed by atoms with E-state index in [1.807, 2.05) is 0 Å². The molecule has 0 bridgehead atoms. The molecule has 1 amide bonds. The minimum atomic E-state index is -5.69. The largest absolute Gasteiger partial charge is 0.409 e. The highest BCUT2D eigenvalue weighted by molar-refractivity contribution is 5.79. The molecule has 0 saturated carbocycles. The zero-order chi connectivity index (χ0) is 12.4. The van der Waals surface area contributed by atoms with Crippen molar-refractivity contribution in [3.8, 4) is 0 Å². The molecule has 0 aromatic heterocycles. The third kappa shape index (κ3) is 3.57. The highest BCUT2D eigenvalue weighted by atomic mass is 19.4. The van der Waals surface area contributed by atoms with Gasteiger partial charge >= 0.3 is 12.4 Å². The Labute approximate surface area is 80.5 Å². The van der Waals surface area contributed by atoms with E-state index in [1.54, 1.807) is 0 Å². The second-order valence-electron chi connectivity index (χ2n) is 2.53. The van der Waals surface area contributed by atoms with Gasteiger partial charge in [-0.05, 0) is 0 Å². The first-order chi connectivity index (χ1) is 6.51. The van der Waals surface area contributed by atoms with E-state index in [4.69, 9.17) is 0 Å². The molecule has 0 fully saturated rings. The maximum Gasteiger partial charge on any atom is 0.409 e. The van der Waals surface area contributed by atoms with Crippen LogP contribution in [0.4, 0.5) is 26.3 Å². The number of rotatable bonds is 2. The van der Waals surface area contributed by atoms with Crippen LogP contribution in [0.3, 0.4) is 0 Å². The summed E-state index contributed by atoms with van der Waals surface area (Å²) in [7, 11) is 1.44. The molecule has 0 atom stereocenters. The van der Waals surface area contributed by atoms with Crippen LogP contribution < -0.4 is 0 Å². The molecule has 9 heteroatoms. The number of amides is 1. The lowest BCUT2D eigenvalue weighted by atomic mass is 10.1.